The summed E-state index contributed by atoms with van der Waals surface area (Å²) in [6.45, 7) is 0. The molecule has 0 amide bonds. The van der Waals surface area contributed by atoms with Gasteiger partial charge in [0.1, 0.15) is 5.78 Å². The van der Waals surface area contributed by atoms with Crippen molar-refractivity contribution in [3.05, 3.63) is 64.4 Å². The minimum absolute atomic E-state index is 0.296. The smallest absolute Gasteiger partial charge is 0.149 e. The number of pyridine rings is 1. The van der Waals surface area contributed by atoms with E-state index in [-0.39, 0.29) is 5.41 Å². The molecule has 1 aliphatic rings. The van der Waals surface area contributed by atoms with Crippen LogP contribution in [0.15, 0.2) is 53.1 Å². The van der Waals surface area contributed by atoms with E-state index in [9.17, 15) is 4.79 Å². The lowest BCUT2D eigenvalue weighted by atomic mass is 9.74. The number of halogens is 1. The van der Waals surface area contributed by atoms with Gasteiger partial charge in [0.25, 0.3) is 0 Å². The summed E-state index contributed by atoms with van der Waals surface area (Å²) in [4.78, 5) is 17.3. The van der Waals surface area contributed by atoms with Gasteiger partial charge in [-0.25, -0.2) is 0 Å². The van der Waals surface area contributed by atoms with Crippen LogP contribution in [0.25, 0.3) is 0 Å². The molecule has 0 unspecified atom stereocenters. The van der Waals surface area contributed by atoms with Crippen molar-refractivity contribution >= 4 is 21.7 Å². The Bertz CT molecular complexity index is 615. The molecule has 0 N–H and O–H groups in total. The number of aromatic nitrogens is 1. The van der Waals surface area contributed by atoms with E-state index in [1.165, 1.54) is 5.56 Å². The molecule has 0 aliphatic heterocycles. The molecule has 2 aromatic rings. The summed E-state index contributed by atoms with van der Waals surface area (Å²) in [6.07, 6.45) is 6.37. The molecule has 0 atom stereocenters. The van der Waals surface area contributed by atoms with Crippen LogP contribution in [0.2, 0.25) is 0 Å². The van der Waals surface area contributed by atoms with Crippen LogP contribution in [-0.2, 0) is 16.6 Å². The minimum Gasteiger partial charge on any atom is -0.298 e. The number of nitrogens with zero attached hydrogens (tertiary/aromatic N) is 1. The number of benzene rings is 1. The van der Waals surface area contributed by atoms with Crippen molar-refractivity contribution in [1.29, 1.82) is 0 Å². The largest absolute Gasteiger partial charge is 0.298 e. The summed E-state index contributed by atoms with van der Waals surface area (Å²) in [6, 6.07) is 14.1. The van der Waals surface area contributed by atoms with Gasteiger partial charge in [-0.1, -0.05) is 43.2 Å². The van der Waals surface area contributed by atoms with E-state index >= 15 is 0 Å². The normalized spacial score (nSPS) is 16.8. The van der Waals surface area contributed by atoms with Gasteiger partial charge in [0.15, 0.2) is 0 Å². The zero-order valence-corrected chi connectivity index (χ0v) is 13.5. The van der Waals surface area contributed by atoms with Crippen molar-refractivity contribution in [2.45, 2.75) is 37.5 Å². The predicted molar refractivity (Wildman–Crippen MR) is 87.2 cm³/mol. The third kappa shape index (κ3) is 2.93. The Morgan fingerprint density at radius 1 is 1.10 bits per heavy atom. The highest BCUT2D eigenvalue weighted by Crippen LogP contribution is 2.42. The molecule has 1 aromatic carbocycles. The van der Waals surface area contributed by atoms with Gasteiger partial charge >= 0.3 is 0 Å². The maximum atomic E-state index is 13.0. The van der Waals surface area contributed by atoms with Crippen LogP contribution < -0.4 is 0 Å². The highest BCUT2D eigenvalue weighted by Gasteiger charge is 2.41. The van der Waals surface area contributed by atoms with Gasteiger partial charge in [-0.2, -0.15) is 0 Å². The number of hydrogen-bond acceptors (Lipinski definition) is 2. The fraction of sp³-hybridized carbons (Fsp3) is 0.333. The first-order valence-corrected chi connectivity index (χ1v) is 8.19. The van der Waals surface area contributed by atoms with Crippen LogP contribution in [0.1, 0.15) is 36.9 Å². The Morgan fingerprint density at radius 3 is 2.43 bits per heavy atom. The van der Waals surface area contributed by atoms with Crippen molar-refractivity contribution in [3.63, 3.8) is 0 Å². The molecule has 0 radical (unpaired) electrons. The molecule has 21 heavy (non-hydrogen) atoms. The van der Waals surface area contributed by atoms with Crippen molar-refractivity contribution in [2.75, 3.05) is 0 Å². The van der Waals surface area contributed by atoms with E-state index < -0.39 is 0 Å². The molecule has 1 aliphatic carbocycles. The highest BCUT2D eigenvalue weighted by atomic mass is 79.9. The maximum absolute atomic E-state index is 13.0. The summed E-state index contributed by atoms with van der Waals surface area (Å²) in [7, 11) is 0. The van der Waals surface area contributed by atoms with Gasteiger partial charge in [-0.3, -0.25) is 9.78 Å². The Hall–Kier alpha value is -1.48. The number of carbonyl (C=O) groups is 1. The summed E-state index contributed by atoms with van der Waals surface area (Å²) < 4.78 is 0.942. The van der Waals surface area contributed by atoms with Crippen molar-refractivity contribution in [2.24, 2.45) is 0 Å². The maximum Gasteiger partial charge on any atom is 0.149 e. The van der Waals surface area contributed by atoms with E-state index in [0.29, 0.717) is 12.2 Å². The first-order valence-electron chi connectivity index (χ1n) is 7.40. The monoisotopic (exact) mass is 343 g/mol. The van der Waals surface area contributed by atoms with Gasteiger partial charge in [0.05, 0.1) is 5.41 Å². The molecule has 1 heterocycles. The zero-order valence-electron chi connectivity index (χ0n) is 11.9. The highest BCUT2D eigenvalue weighted by molar-refractivity contribution is 9.10. The molecule has 1 aromatic heterocycles. The predicted octanol–water partition coefficient (Wildman–Crippen LogP) is 4.47. The second-order valence-electron chi connectivity index (χ2n) is 5.72. The quantitative estimate of drug-likeness (QED) is 0.819. The van der Waals surface area contributed by atoms with Crippen LogP contribution in [0.4, 0.5) is 0 Å². The molecule has 108 valence electrons. The summed E-state index contributed by atoms with van der Waals surface area (Å²) in [5.41, 5.74) is 1.73. The Morgan fingerprint density at radius 2 is 1.81 bits per heavy atom. The number of ketones is 1. The summed E-state index contributed by atoms with van der Waals surface area (Å²) >= 11 is 3.38. The Labute approximate surface area is 133 Å². The fourth-order valence-electron chi connectivity index (χ4n) is 3.31. The summed E-state index contributed by atoms with van der Waals surface area (Å²) in [5, 5.41) is 0. The average molecular weight is 344 g/mol. The Kier molecular flexibility index (Phi) is 4.20. The molecule has 0 bridgehead atoms. The molecule has 2 nitrogen and oxygen atoms in total. The molecule has 0 saturated heterocycles. The number of Topliss-reactive ketones (excluding diaryl/α,β-unsaturated/α-hetero) is 1. The molecule has 3 rings (SSSR count). The molecule has 3 heteroatoms. The standard InChI is InChI=1S/C18H18BrNO/c19-15-8-9-16(20-13-15)12-17(21)18(10-4-5-11-18)14-6-2-1-3-7-14/h1-3,6-9,13H,4-5,10-12H2. The first kappa shape index (κ1) is 14.5. The SMILES string of the molecule is O=C(Cc1ccc(Br)cn1)C1(c2ccccc2)CCCC1. The van der Waals surface area contributed by atoms with E-state index in [4.69, 9.17) is 0 Å². The zero-order chi connectivity index (χ0) is 14.7. The van der Waals surface area contributed by atoms with Crippen molar-refractivity contribution in [1.82, 2.24) is 4.98 Å². The average Bonchev–Trinajstić information content (AvgIpc) is 3.01. The molecule has 1 saturated carbocycles. The second-order valence-corrected chi connectivity index (χ2v) is 6.64. The lowest BCUT2D eigenvalue weighted by Gasteiger charge is -2.28. The molecular weight excluding hydrogens is 326 g/mol. The summed E-state index contributed by atoms with van der Waals surface area (Å²) in [5.74, 6) is 0.307. The fourth-order valence-corrected chi connectivity index (χ4v) is 3.54. The van der Waals surface area contributed by atoms with Gasteiger partial charge in [0, 0.05) is 22.8 Å². The van der Waals surface area contributed by atoms with Crippen LogP contribution in [0.5, 0.6) is 0 Å². The lowest BCUT2D eigenvalue weighted by molar-refractivity contribution is -0.123. The third-order valence-electron chi connectivity index (χ3n) is 4.45. The lowest BCUT2D eigenvalue weighted by Crippen LogP contribution is -2.34. The second kappa shape index (κ2) is 6.10. The van der Waals surface area contributed by atoms with E-state index in [0.717, 1.165) is 35.8 Å². The number of hydrogen-bond donors (Lipinski definition) is 0. The molecule has 0 spiro atoms. The first-order chi connectivity index (χ1) is 10.2. The van der Waals surface area contributed by atoms with Crippen LogP contribution in [0, 0.1) is 0 Å². The van der Waals surface area contributed by atoms with Crippen molar-refractivity contribution < 1.29 is 4.79 Å². The topological polar surface area (TPSA) is 30.0 Å². The van der Waals surface area contributed by atoms with Crippen LogP contribution >= 0.6 is 15.9 Å². The van der Waals surface area contributed by atoms with Gasteiger partial charge in [-0.15, -0.1) is 0 Å². The van der Waals surface area contributed by atoms with Gasteiger partial charge < -0.3 is 0 Å². The minimum atomic E-state index is -0.296. The van der Waals surface area contributed by atoms with Crippen molar-refractivity contribution in [3.8, 4) is 0 Å². The van der Waals surface area contributed by atoms with E-state index in [1.54, 1.807) is 6.20 Å². The van der Waals surface area contributed by atoms with Gasteiger partial charge in [-0.05, 0) is 46.5 Å². The molecular formula is C18H18BrNO. The van der Waals surface area contributed by atoms with Crippen LogP contribution in [-0.4, -0.2) is 10.8 Å². The number of rotatable bonds is 4. The number of carbonyl (C=O) groups excluding carboxylic acids is 1. The van der Waals surface area contributed by atoms with Crippen LogP contribution in [0.3, 0.4) is 0 Å². The third-order valence-corrected chi connectivity index (χ3v) is 4.92. The van der Waals surface area contributed by atoms with E-state index in [2.05, 4.69) is 33.0 Å². The van der Waals surface area contributed by atoms with Gasteiger partial charge in [0.2, 0.25) is 0 Å². The molecule has 1 fully saturated rings. The Balaban J connectivity index is 1.87. The van der Waals surface area contributed by atoms with E-state index in [1.807, 2.05) is 30.3 Å².